The topological polar surface area (TPSA) is 91.7 Å². The first-order valence-corrected chi connectivity index (χ1v) is 11.7. The van der Waals surface area contributed by atoms with E-state index in [0.29, 0.717) is 23.5 Å². The molecule has 2 aromatic heterocycles. The summed E-state index contributed by atoms with van der Waals surface area (Å²) in [5.41, 5.74) is 2.30. The SMILES string of the molecule is COC(=O)c1ccc(N2CCN(CC(=O)N3N=C(c4ccco4)CC3c3ccco3)C(C)C2)cc1. The van der Waals surface area contributed by atoms with Gasteiger partial charge in [-0.25, -0.2) is 9.80 Å². The summed E-state index contributed by atoms with van der Waals surface area (Å²) in [7, 11) is 1.38. The van der Waals surface area contributed by atoms with Crippen molar-refractivity contribution in [2.24, 2.45) is 5.10 Å². The number of carbonyl (C=O) groups is 2. The summed E-state index contributed by atoms with van der Waals surface area (Å²) in [5.74, 6) is 0.950. The smallest absolute Gasteiger partial charge is 0.337 e. The van der Waals surface area contributed by atoms with E-state index in [2.05, 4.69) is 21.8 Å². The summed E-state index contributed by atoms with van der Waals surface area (Å²) < 4.78 is 15.9. The van der Waals surface area contributed by atoms with Crippen LogP contribution in [0.2, 0.25) is 0 Å². The molecule has 2 atom stereocenters. The molecule has 182 valence electrons. The first kappa shape index (κ1) is 22.9. The first-order chi connectivity index (χ1) is 17.0. The molecule has 0 aliphatic carbocycles. The highest BCUT2D eigenvalue weighted by Gasteiger charge is 2.37. The third-order valence-electron chi connectivity index (χ3n) is 6.60. The number of hydrazone groups is 1. The Morgan fingerprint density at radius 1 is 1.06 bits per heavy atom. The summed E-state index contributed by atoms with van der Waals surface area (Å²) in [6, 6.07) is 14.6. The van der Waals surface area contributed by atoms with Gasteiger partial charge in [0.15, 0.2) is 0 Å². The van der Waals surface area contributed by atoms with Gasteiger partial charge in [-0.3, -0.25) is 9.69 Å². The molecule has 1 amide bonds. The molecule has 2 unspecified atom stereocenters. The molecular formula is C26H28N4O5. The van der Waals surface area contributed by atoms with Crippen molar-refractivity contribution in [3.63, 3.8) is 0 Å². The Kier molecular flexibility index (Phi) is 6.41. The maximum absolute atomic E-state index is 13.4. The highest BCUT2D eigenvalue weighted by molar-refractivity contribution is 6.01. The van der Waals surface area contributed by atoms with Gasteiger partial charge in [0.05, 0.1) is 31.7 Å². The largest absolute Gasteiger partial charge is 0.467 e. The summed E-state index contributed by atoms with van der Waals surface area (Å²) in [4.78, 5) is 29.6. The van der Waals surface area contributed by atoms with E-state index in [1.54, 1.807) is 29.7 Å². The van der Waals surface area contributed by atoms with E-state index in [-0.39, 0.29) is 30.5 Å². The molecular weight excluding hydrogens is 448 g/mol. The predicted octanol–water partition coefficient (Wildman–Crippen LogP) is 3.55. The van der Waals surface area contributed by atoms with Crippen LogP contribution in [-0.2, 0) is 9.53 Å². The van der Waals surface area contributed by atoms with Gasteiger partial charge in [-0.2, -0.15) is 5.10 Å². The summed E-state index contributed by atoms with van der Waals surface area (Å²) in [6.07, 6.45) is 3.76. The molecule has 1 aromatic carbocycles. The summed E-state index contributed by atoms with van der Waals surface area (Å²) in [6.45, 7) is 4.67. The van der Waals surface area contributed by atoms with Crippen LogP contribution in [0.5, 0.6) is 0 Å². The van der Waals surface area contributed by atoms with E-state index in [4.69, 9.17) is 13.6 Å². The Hall–Kier alpha value is -3.85. The molecule has 0 spiro atoms. The first-order valence-electron chi connectivity index (χ1n) is 11.7. The van der Waals surface area contributed by atoms with E-state index >= 15 is 0 Å². The van der Waals surface area contributed by atoms with Crippen molar-refractivity contribution < 1.29 is 23.2 Å². The van der Waals surface area contributed by atoms with Crippen LogP contribution in [0.3, 0.4) is 0 Å². The molecule has 2 aliphatic rings. The number of amides is 1. The van der Waals surface area contributed by atoms with Crippen LogP contribution >= 0.6 is 0 Å². The lowest BCUT2D eigenvalue weighted by Crippen LogP contribution is -2.54. The molecule has 0 N–H and O–H groups in total. The average molecular weight is 477 g/mol. The average Bonchev–Trinajstić information content (AvgIpc) is 3.66. The number of esters is 1. The standard InChI is InChI=1S/C26H28N4O5/c1-18-16-29(20-9-7-19(8-10-20)26(32)33-2)12-11-28(18)17-25(31)30-22(24-6-4-14-35-24)15-21(27-30)23-5-3-13-34-23/h3-10,13-14,18,22H,11-12,15-17H2,1-2H3. The molecule has 1 saturated heterocycles. The number of methoxy groups -OCH3 is 1. The zero-order valence-electron chi connectivity index (χ0n) is 19.8. The minimum absolute atomic E-state index is 0.0734. The Morgan fingerprint density at radius 3 is 2.49 bits per heavy atom. The van der Waals surface area contributed by atoms with Crippen molar-refractivity contribution >= 4 is 23.3 Å². The number of hydrogen-bond acceptors (Lipinski definition) is 8. The lowest BCUT2D eigenvalue weighted by Gasteiger charge is -2.41. The number of nitrogens with zero attached hydrogens (tertiary/aromatic N) is 4. The number of rotatable bonds is 6. The highest BCUT2D eigenvalue weighted by Crippen LogP contribution is 2.33. The maximum Gasteiger partial charge on any atom is 0.337 e. The second-order valence-electron chi connectivity index (χ2n) is 8.80. The normalized spacial score (nSPS) is 20.7. The predicted molar refractivity (Wildman–Crippen MR) is 129 cm³/mol. The van der Waals surface area contributed by atoms with Crippen molar-refractivity contribution in [2.75, 3.05) is 38.2 Å². The molecule has 35 heavy (non-hydrogen) atoms. The Bertz CT molecular complexity index is 1190. The van der Waals surface area contributed by atoms with E-state index in [0.717, 1.165) is 31.0 Å². The minimum atomic E-state index is -0.346. The van der Waals surface area contributed by atoms with Crippen LogP contribution in [-0.4, -0.2) is 66.8 Å². The maximum atomic E-state index is 13.4. The fourth-order valence-corrected chi connectivity index (χ4v) is 4.67. The monoisotopic (exact) mass is 476 g/mol. The third kappa shape index (κ3) is 4.72. The lowest BCUT2D eigenvalue weighted by atomic mass is 10.1. The number of hydrogen-bond donors (Lipinski definition) is 0. The fraction of sp³-hybridized carbons (Fsp3) is 0.346. The van der Waals surface area contributed by atoms with Gasteiger partial charge < -0.3 is 18.5 Å². The van der Waals surface area contributed by atoms with Crippen LogP contribution in [0, 0.1) is 0 Å². The molecule has 4 heterocycles. The third-order valence-corrected chi connectivity index (χ3v) is 6.60. The Morgan fingerprint density at radius 2 is 1.83 bits per heavy atom. The summed E-state index contributed by atoms with van der Waals surface area (Å²) >= 11 is 0. The lowest BCUT2D eigenvalue weighted by molar-refractivity contribution is -0.135. The van der Waals surface area contributed by atoms with Crippen molar-refractivity contribution in [1.82, 2.24) is 9.91 Å². The second-order valence-corrected chi connectivity index (χ2v) is 8.80. The van der Waals surface area contributed by atoms with Gasteiger partial charge in [0.25, 0.3) is 5.91 Å². The zero-order valence-corrected chi connectivity index (χ0v) is 19.8. The van der Waals surface area contributed by atoms with Gasteiger partial charge in [-0.15, -0.1) is 0 Å². The van der Waals surface area contributed by atoms with Crippen LogP contribution < -0.4 is 4.90 Å². The molecule has 0 saturated carbocycles. The van der Waals surface area contributed by atoms with Gasteiger partial charge in [0, 0.05) is 37.8 Å². The molecule has 2 aliphatic heterocycles. The number of ether oxygens (including phenoxy) is 1. The number of piperazine rings is 1. The van der Waals surface area contributed by atoms with Gasteiger partial charge >= 0.3 is 5.97 Å². The van der Waals surface area contributed by atoms with Crippen molar-refractivity contribution in [2.45, 2.75) is 25.4 Å². The van der Waals surface area contributed by atoms with Crippen LogP contribution in [0.25, 0.3) is 0 Å². The highest BCUT2D eigenvalue weighted by atomic mass is 16.5. The van der Waals surface area contributed by atoms with Crippen molar-refractivity contribution in [1.29, 1.82) is 0 Å². The molecule has 9 nitrogen and oxygen atoms in total. The number of carbonyl (C=O) groups excluding carboxylic acids is 2. The number of benzene rings is 1. The van der Waals surface area contributed by atoms with Crippen LogP contribution in [0.1, 0.15) is 41.3 Å². The molecule has 9 heteroatoms. The molecule has 0 bridgehead atoms. The van der Waals surface area contributed by atoms with E-state index in [1.165, 1.54) is 7.11 Å². The molecule has 0 radical (unpaired) electrons. The Labute approximate surface area is 203 Å². The van der Waals surface area contributed by atoms with E-state index in [9.17, 15) is 9.59 Å². The fourth-order valence-electron chi connectivity index (χ4n) is 4.67. The zero-order chi connectivity index (χ0) is 24.4. The second kappa shape index (κ2) is 9.79. The molecule has 3 aromatic rings. The van der Waals surface area contributed by atoms with E-state index < -0.39 is 0 Å². The van der Waals surface area contributed by atoms with Crippen LogP contribution in [0.15, 0.2) is 75.0 Å². The van der Waals surface area contributed by atoms with Crippen molar-refractivity contribution in [3.05, 3.63) is 78.1 Å². The molecule has 1 fully saturated rings. The Balaban J connectivity index is 1.25. The minimum Gasteiger partial charge on any atom is -0.467 e. The number of furan rings is 2. The van der Waals surface area contributed by atoms with Gasteiger partial charge in [0.1, 0.15) is 23.3 Å². The number of anilines is 1. The van der Waals surface area contributed by atoms with E-state index in [1.807, 2.05) is 36.4 Å². The van der Waals surface area contributed by atoms with Crippen molar-refractivity contribution in [3.8, 4) is 0 Å². The van der Waals surface area contributed by atoms with Gasteiger partial charge in [-0.1, -0.05) is 0 Å². The quantitative estimate of drug-likeness (QED) is 0.503. The van der Waals surface area contributed by atoms with Gasteiger partial charge in [0.2, 0.25) is 0 Å². The summed E-state index contributed by atoms with van der Waals surface area (Å²) in [5, 5.41) is 6.17. The molecule has 5 rings (SSSR count). The van der Waals surface area contributed by atoms with Gasteiger partial charge in [-0.05, 0) is 55.5 Å². The van der Waals surface area contributed by atoms with Crippen LogP contribution in [0.4, 0.5) is 5.69 Å².